The topological polar surface area (TPSA) is 28.2 Å². The van der Waals surface area contributed by atoms with Gasteiger partial charge in [-0.05, 0) is 32.2 Å². The first kappa shape index (κ1) is 11.9. The van der Waals surface area contributed by atoms with Gasteiger partial charge in [-0.3, -0.25) is 4.90 Å². The van der Waals surface area contributed by atoms with Crippen LogP contribution in [0, 0.1) is 5.92 Å². The van der Waals surface area contributed by atoms with Gasteiger partial charge in [0.2, 0.25) is 0 Å². The highest BCUT2D eigenvalue weighted by Crippen LogP contribution is 2.30. The molecule has 1 N–H and O–H groups in total. The molecule has 1 aliphatic rings. The van der Waals surface area contributed by atoms with Crippen LogP contribution in [0.15, 0.2) is 6.20 Å². The molecule has 1 fully saturated rings. The average molecular weight is 239 g/mol. The number of rotatable bonds is 7. The summed E-state index contributed by atoms with van der Waals surface area (Å²) in [5.41, 5.74) is 0. The zero-order chi connectivity index (χ0) is 11.4. The fraction of sp³-hybridized carbons (Fsp3) is 0.750. The van der Waals surface area contributed by atoms with Crippen LogP contribution < -0.4 is 5.32 Å². The van der Waals surface area contributed by atoms with E-state index < -0.39 is 0 Å². The molecule has 0 radical (unpaired) electrons. The lowest BCUT2D eigenvalue weighted by atomic mass is 10.3. The lowest BCUT2D eigenvalue weighted by Crippen LogP contribution is -2.24. The Kier molecular flexibility index (Phi) is 4.18. The Hall–Kier alpha value is -0.610. The number of nitrogens with one attached hydrogen (secondary N) is 1. The van der Waals surface area contributed by atoms with Gasteiger partial charge in [-0.2, -0.15) is 0 Å². The average Bonchev–Trinajstić information content (AvgIpc) is 2.99. The maximum absolute atomic E-state index is 4.37. The van der Waals surface area contributed by atoms with E-state index in [4.69, 9.17) is 0 Å². The van der Waals surface area contributed by atoms with E-state index in [2.05, 4.69) is 29.0 Å². The van der Waals surface area contributed by atoms with Gasteiger partial charge in [-0.1, -0.05) is 6.92 Å². The number of hydrogen-bond acceptors (Lipinski definition) is 4. The van der Waals surface area contributed by atoms with Gasteiger partial charge in [0.25, 0.3) is 0 Å². The van der Waals surface area contributed by atoms with Crippen molar-refractivity contribution in [2.45, 2.75) is 33.2 Å². The first-order valence-corrected chi connectivity index (χ1v) is 7.04. The van der Waals surface area contributed by atoms with Crippen LogP contribution in [-0.2, 0) is 6.54 Å². The molecular weight excluding hydrogens is 218 g/mol. The second-order valence-electron chi connectivity index (χ2n) is 4.43. The Morgan fingerprint density at radius 3 is 2.94 bits per heavy atom. The first-order valence-electron chi connectivity index (χ1n) is 6.22. The fourth-order valence-corrected chi connectivity index (χ4v) is 2.73. The molecule has 0 aliphatic heterocycles. The molecule has 0 aromatic carbocycles. The summed E-state index contributed by atoms with van der Waals surface area (Å²) in [6.07, 6.45) is 4.88. The normalized spacial score (nSPS) is 15.7. The predicted octanol–water partition coefficient (Wildman–Crippen LogP) is 2.81. The van der Waals surface area contributed by atoms with Crippen molar-refractivity contribution in [2.24, 2.45) is 5.92 Å². The molecule has 4 heteroatoms. The Morgan fingerprint density at radius 2 is 2.31 bits per heavy atom. The summed E-state index contributed by atoms with van der Waals surface area (Å²) in [5.74, 6) is 0.973. The van der Waals surface area contributed by atoms with E-state index >= 15 is 0 Å². The zero-order valence-corrected chi connectivity index (χ0v) is 11.0. The molecule has 0 spiro atoms. The number of thiazole rings is 1. The Bertz CT molecular complexity index is 320. The molecule has 1 heterocycles. The lowest BCUT2D eigenvalue weighted by Gasteiger charge is -2.18. The SMILES string of the molecule is CCNc1ncc(CN(CC)CC2CC2)s1. The zero-order valence-electron chi connectivity index (χ0n) is 10.2. The molecule has 0 amide bonds. The van der Waals surface area contributed by atoms with Gasteiger partial charge in [-0.25, -0.2) is 4.98 Å². The van der Waals surface area contributed by atoms with Crippen molar-refractivity contribution in [1.82, 2.24) is 9.88 Å². The van der Waals surface area contributed by atoms with Gasteiger partial charge in [-0.15, -0.1) is 11.3 Å². The third-order valence-corrected chi connectivity index (χ3v) is 3.86. The summed E-state index contributed by atoms with van der Waals surface area (Å²) in [4.78, 5) is 8.27. The minimum atomic E-state index is 0.951. The summed E-state index contributed by atoms with van der Waals surface area (Å²) < 4.78 is 0. The highest BCUT2D eigenvalue weighted by atomic mass is 32.1. The maximum Gasteiger partial charge on any atom is 0.182 e. The van der Waals surface area contributed by atoms with Crippen molar-refractivity contribution in [3.05, 3.63) is 11.1 Å². The van der Waals surface area contributed by atoms with Crippen molar-refractivity contribution in [2.75, 3.05) is 25.0 Å². The van der Waals surface area contributed by atoms with Gasteiger partial charge in [0, 0.05) is 30.7 Å². The standard InChI is InChI=1S/C12H21N3S/c1-3-13-12-14-7-11(16-12)9-15(4-2)8-10-5-6-10/h7,10H,3-6,8-9H2,1-2H3,(H,13,14). The summed E-state index contributed by atoms with van der Waals surface area (Å²) >= 11 is 1.78. The molecule has 16 heavy (non-hydrogen) atoms. The lowest BCUT2D eigenvalue weighted by molar-refractivity contribution is 0.270. The van der Waals surface area contributed by atoms with Crippen LogP contribution in [0.25, 0.3) is 0 Å². The summed E-state index contributed by atoms with van der Waals surface area (Å²) in [6.45, 7) is 8.78. The number of aromatic nitrogens is 1. The minimum Gasteiger partial charge on any atom is -0.362 e. The summed E-state index contributed by atoms with van der Waals surface area (Å²) in [7, 11) is 0. The van der Waals surface area contributed by atoms with Crippen LogP contribution in [0.5, 0.6) is 0 Å². The molecule has 1 aromatic heterocycles. The second-order valence-corrected chi connectivity index (χ2v) is 5.55. The van der Waals surface area contributed by atoms with Gasteiger partial charge >= 0.3 is 0 Å². The van der Waals surface area contributed by atoms with E-state index in [1.165, 1.54) is 24.3 Å². The van der Waals surface area contributed by atoms with Gasteiger partial charge in [0.15, 0.2) is 5.13 Å². The van der Waals surface area contributed by atoms with Gasteiger partial charge in [0.1, 0.15) is 0 Å². The number of hydrogen-bond donors (Lipinski definition) is 1. The smallest absolute Gasteiger partial charge is 0.182 e. The van der Waals surface area contributed by atoms with Gasteiger partial charge < -0.3 is 5.32 Å². The third-order valence-electron chi connectivity index (χ3n) is 2.92. The highest BCUT2D eigenvalue weighted by molar-refractivity contribution is 7.15. The molecule has 0 bridgehead atoms. The minimum absolute atomic E-state index is 0.951. The summed E-state index contributed by atoms with van der Waals surface area (Å²) in [6, 6.07) is 0. The van der Waals surface area contributed by atoms with E-state index in [0.29, 0.717) is 0 Å². The maximum atomic E-state index is 4.37. The highest BCUT2D eigenvalue weighted by Gasteiger charge is 2.23. The fourth-order valence-electron chi connectivity index (χ4n) is 1.80. The second kappa shape index (κ2) is 5.64. The Labute approximate surface area is 102 Å². The molecule has 0 saturated heterocycles. The first-order chi connectivity index (χ1) is 7.81. The molecule has 1 aromatic rings. The van der Waals surface area contributed by atoms with Crippen LogP contribution in [0.4, 0.5) is 5.13 Å². The molecule has 0 atom stereocenters. The number of anilines is 1. The molecule has 1 aliphatic carbocycles. The van der Waals surface area contributed by atoms with Crippen molar-refractivity contribution < 1.29 is 0 Å². The molecule has 2 rings (SSSR count). The van der Waals surface area contributed by atoms with Crippen LogP contribution in [0.3, 0.4) is 0 Å². The quantitative estimate of drug-likeness (QED) is 0.793. The van der Waals surface area contributed by atoms with Crippen molar-refractivity contribution in [3.8, 4) is 0 Å². The molecular formula is C12H21N3S. The Balaban J connectivity index is 1.84. The molecule has 0 unspecified atom stereocenters. The molecule has 90 valence electrons. The number of nitrogens with zero attached hydrogens (tertiary/aromatic N) is 2. The van der Waals surface area contributed by atoms with Gasteiger partial charge in [0.05, 0.1) is 0 Å². The van der Waals surface area contributed by atoms with Crippen LogP contribution >= 0.6 is 11.3 Å². The third kappa shape index (κ3) is 3.46. The van der Waals surface area contributed by atoms with Crippen LogP contribution in [0.1, 0.15) is 31.6 Å². The van der Waals surface area contributed by atoms with Crippen molar-refractivity contribution in [3.63, 3.8) is 0 Å². The van der Waals surface area contributed by atoms with Crippen LogP contribution in [0.2, 0.25) is 0 Å². The van der Waals surface area contributed by atoms with Crippen molar-refractivity contribution >= 4 is 16.5 Å². The van der Waals surface area contributed by atoms with E-state index in [9.17, 15) is 0 Å². The van der Waals surface area contributed by atoms with E-state index in [1.807, 2.05) is 6.20 Å². The Morgan fingerprint density at radius 1 is 1.50 bits per heavy atom. The van der Waals surface area contributed by atoms with E-state index in [-0.39, 0.29) is 0 Å². The molecule has 3 nitrogen and oxygen atoms in total. The predicted molar refractivity (Wildman–Crippen MR) is 70.0 cm³/mol. The monoisotopic (exact) mass is 239 g/mol. The van der Waals surface area contributed by atoms with E-state index in [0.717, 1.165) is 30.7 Å². The van der Waals surface area contributed by atoms with Crippen molar-refractivity contribution in [1.29, 1.82) is 0 Å². The largest absolute Gasteiger partial charge is 0.362 e. The summed E-state index contributed by atoms with van der Waals surface area (Å²) in [5, 5.41) is 4.32. The van der Waals surface area contributed by atoms with E-state index in [1.54, 1.807) is 11.3 Å². The van der Waals surface area contributed by atoms with Crippen LogP contribution in [-0.4, -0.2) is 29.5 Å². The molecule has 1 saturated carbocycles.